The minimum Gasteiger partial charge on any atom is -0.262 e. The molecule has 2 aromatic rings. The van der Waals surface area contributed by atoms with E-state index in [2.05, 4.69) is 31.1 Å². The van der Waals surface area contributed by atoms with Crippen LogP contribution in [0, 0.1) is 11.3 Å². The highest BCUT2D eigenvalue weighted by atomic mass is 79.9. The van der Waals surface area contributed by atoms with Crippen molar-refractivity contribution in [2.24, 2.45) is 0 Å². The molecule has 0 fully saturated rings. The Morgan fingerprint density at radius 2 is 2.12 bits per heavy atom. The van der Waals surface area contributed by atoms with Crippen molar-refractivity contribution < 1.29 is 0 Å². The lowest BCUT2D eigenvalue weighted by Gasteiger charge is -1.98. The maximum atomic E-state index is 8.51. The van der Waals surface area contributed by atoms with Gasteiger partial charge in [0.1, 0.15) is 5.82 Å². The van der Waals surface area contributed by atoms with Crippen LogP contribution in [0.5, 0.6) is 0 Å². The van der Waals surface area contributed by atoms with E-state index in [-0.39, 0.29) is 6.42 Å². The molecule has 1 heterocycles. The highest BCUT2D eigenvalue weighted by Crippen LogP contribution is 2.23. The van der Waals surface area contributed by atoms with Gasteiger partial charge in [-0.05, 0) is 24.3 Å². The SMILES string of the molecule is N#CCc1n[nH]c(CSc2ccc(Br)cc2)n1. The van der Waals surface area contributed by atoms with E-state index in [1.54, 1.807) is 11.8 Å². The van der Waals surface area contributed by atoms with Gasteiger partial charge in [-0.1, -0.05) is 15.9 Å². The standard InChI is InChI=1S/C11H9BrN4S/c12-8-1-3-9(4-2-8)17-7-11-14-10(5-6-13)15-16-11/h1-4H,5,7H2,(H,14,15,16). The Hall–Kier alpha value is -1.32. The first-order chi connectivity index (χ1) is 8.28. The van der Waals surface area contributed by atoms with Gasteiger partial charge in [0.15, 0.2) is 5.82 Å². The second kappa shape index (κ2) is 5.84. The molecule has 86 valence electrons. The van der Waals surface area contributed by atoms with Crippen molar-refractivity contribution in [2.75, 3.05) is 0 Å². The number of aromatic nitrogens is 3. The van der Waals surface area contributed by atoms with Crippen LogP contribution in [-0.4, -0.2) is 15.2 Å². The molecule has 0 radical (unpaired) electrons. The number of benzene rings is 1. The largest absolute Gasteiger partial charge is 0.262 e. The van der Waals surface area contributed by atoms with Crippen molar-refractivity contribution >= 4 is 27.7 Å². The summed E-state index contributed by atoms with van der Waals surface area (Å²) in [7, 11) is 0. The molecule has 1 aromatic carbocycles. The number of H-pyrrole nitrogens is 1. The Labute approximate surface area is 112 Å². The molecular formula is C11H9BrN4S. The Morgan fingerprint density at radius 3 is 2.82 bits per heavy atom. The van der Waals surface area contributed by atoms with Gasteiger partial charge in [0.05, 0.1) is 18.2 Å². The number of halogens is 1. The van der Waals surface area contributed by atoms with Crippen LogP contribution in [0.15, 0.2) is 33.6 Å². The smallest absolute Gasteiger partial charge is 0.164 e. The van der Waals surface area contributed by atoms with Gasteiger partial charge in [-0.25, -0.2) is 4.98 Å². The van der Waals surface area contributed by atoms with Crippen LogP contribution in [0.1, 0.15) is 11.6 Å². The molecule has 2 rings (SSSR count). The normalized spacial score (nSPS) is 10.1. The van der Waals surface area contributed by atoms with Gasteiger partial charge in [-0.2, -0.15) is 10.4 Å². The lowest BCUT2D eigenvalue weighted by Crippen LogP contribution is -1.85. The first kappa shape index (κ1) is 12.1. The molecule has 0 spiro atoms. The van der Waals surface area contributed by atoms with Gasteiger partial charge in [0.2, 0.25) is 0 Å². The molecule has 0 aliphatic rings. The molecule has 17 heavy (non-hydrogen) atoms. The van der Waals surface area contributed by atoms with Crippen molar-refractivity contribution in [3.63, 3.8) is 0 Å². The first-order valence-electron chi connectivity index (χ1n) is 4.93. The summed E-state index contributed by atoms with van der Waals surface area (Å²) in [6.45, 7) is 0. The number of thioether (sulfide) groups is 1. The van der Waals surface area contributed by atoms with Crippen LogP contribution in [0.3, 0.4) is 0 Å². The Balaban J connectivity index is 1.93. The number of aromatic amines is 1. The minimum atomic E-state index is 0.249. The average Bonchev–Trinajstić information content (AvgIpc) is 2.77. The van der Waals surface area contributed by atoms with Crippen LogP contribution in [-0.2, 0) is 12.2 Å². The number of rotatable bonds is 4. The molecule has 0 saturated heterocycles. The summed E-state index contributed by atoms with van der Waals surface area (Å²) in [4.78, 5) is 5.39. The van der Waals surface area contributed by atoms with Gasteiger partial charge in [-0.15, -0.1) is 11.8 Å². The molecule has 4 nitrogen and oxygen atoms in total. The lowest BCUT2D eigenvalue weighted by atomic mass is 10.4. The maximum Gasteiger partial charge on any atom is 0.164 e. The monoisotopic (exact) mass is 308 g/mol. The zero-order valence-corrected chi connectivity index (χ0v) is 11.3. The fourth-order valence-corrected chi connectivity index (χ4v) is 2.26. The van der Waals surface area contributed by atoms with Crippen molar-refractivity contribution in [1.82, 2.24) is 15.2 Å². The fraction of sp³-hybridized carbons (Fsp3) is 0.182. The van der Waals surface area contributed by atoms with E-state index in [0.29, 0.717) is 5.82 Å². The molecule has 0 aliphatic carbocycles. The second-order valence-electron chi connectivity index (χ2n) is 3.28. The molecular weight excluding hydrogens is 300 g/mol. The molecule has 0 saturated carbocycles. The van der Waals surface area contributed by atoms with Crippen molar-refractivity contribution in [3.05, 3.63) is 40.4 Å². The zero-order chi connectivity index (χ0) is 12.1. The molecule has 0 unspecified atom stereocenters. The van der Waals surface area contributed by atoms with E-state index >= 15 is 0 Å². The molecule has 1 N–H and O–H groups in total. The summed E-state index contributed by atoms with van der Waals surface area (Å²) in [5.41, 5.74) is 0. The zero-order valence-electron chi connectivity index (χ0n) is 8.85. The Morgan fingerprint density at radius 1 is 1.35 bits per heavy atom. The van der Waals surface area contributed by atoms with Crippen LogP contribution in [0.25, 0.3) is 0 Å². The van der Waals surface area contributed by atoms with Gasteiger partial charge < -0.3 is 0 Å². The molecule has 0 amide bonds. The molecule has 0 aliphatic heterocycles. The van der Waals surface area contributed by atoms with Crippen molar-refractivity contribution in [2.45, 2.75) is 17.1 Å². The third-order valence-corrected chi connectivity index (χ3v) is 3.56. The summed E-state index contributed by atoms with van der Waals surface area (Å²) in [6, 6.07) is 10.1. The number of nitrogens with zero attached hydrogens (tertiary/aromatic N) is 3. The topological polar surface area (TPSA) is 65.4 Å². The van der Waals surface area contributed by atoms with Gasteiger partial charge in [0, 0.05) is 9.37 Å². The average molecular weight is 309 g/mol. The van der Waals surface area contributed by atoms with E-state index in [4.69, 9.17) is 5.26 Å². The predicted molar refractivity (Wildman–Crippen MR) is 69.4 cm³/mol. The summed E-state index contributed by atoms with van der Waals surface area (Å²) in [5, 5.41) is 15.3. The van der Waals surface area contributed by atoms with E-state index in [1.807, 2.05) is 30.3 Å². The number of hydrogen-bond acceptors (Lipinski definition) is 4. The van der Waals surface area contributed by atoms with Gasteiger partial charge >= 0.3 is 0 Å². The fourth-order valence-electron chi connectivity index (χ4n) is 1.23. The summed E-state index contributed by atoms with van der Waals surface area (Å²) < 4.78 is 1.07. The highest BCUT2D eigenvalue weighted by Gasteiger charge is 2.03. The van der Waals surface area contributed by atoms with Crippen LogP contribution >= 0.6 is 27.7 Å². The highest BCUT2D eigenvalue weighted by molar-refractivity contribution is 9.10. The maximum absolute atomic E-state index is 8.51. The lowest BCUT2D eigenvalue weighted by molar-refractivity contribution is 0.986. The van der Waals surface area contributed by atoms with Crippen LogP contribution in [0.2, 0.25) is 0 Å². The molecule has 0 atom stereocenters. The summed E-state index contributed by atoms with van der Waals surface area (Å²) in [5.74, 6) is 2.07. The van der Waals surface area contributed by atoms with Gasteiger partial charge in [0.25, 0.3) is 0 Å². The molecule has 6 heteroatoms. The summed E-state index contributed by atoms with van der Waals surface area (Å²) in [6.07, 6.45) is 0.249. The number of nitrogens with one attached hydrogen (secondary N) is 1. The predicted octanol–water partition coefficient (Wildman–Crippen LogP) is 2.93. The van der Waals surface area contributed by atoms with E-state index < -0.39 is 0 Å². The van der Waals surface area contributed by atoms with Crippen LogP contribution in [0.4, 0.5) is 0 Å². The van der Waals surface area contributed by atoms with Gasteiger partial charge in [-0.3, -0.25) is 5.10 Å². The minimum absolute atomic E-state index is 0.249. The summed E-state index contributed by atoms with van der Waals surface area (Å²) >= 11 is 5.07. The van der Waals surface area contributed by atoms with Crippen molar-refractivity contribution in [1.29, 1.82) is 5.26 Å². The number of nitriles is 1. The first-order valence-corrected chi connectivity index (χ1v) is 6.71. The van der Waals surface area contributed by atoms with E-state index in [1.165, 1.54) is 4.90 Å². The molecule has 0 bridgehead atoms. The van der Waals surface area contributed by atoms with E-state index in [0.717, 1.165) is 16.0 Å². The van der Waals surface area contributed by atoms with Crippen LogP contribution < -0.4 is 0 Å². The van der Waals surface area contributed by atoms with E-state index in [9.17, 15) is 0 Å². The quantitative estimate of drug-likeness (QED) is 0.882. The Bertz CT molecular complexity index is 529. The Kier molecular flexibility index (Phi) is 4.18. The number of hydrogen-bond donors (Lipinski definition) is 1. The third-order valence-electron chi connectivity index (χ3n) is 2.00. The third kappa shape index (κ3) is 3.58. The second-order valence-corrected chi connectivity index (χ2v) is 5.24. The molecule has 1 aromatic heterocycles. The van der Waals surface area contributed by atoms with Crippen molar-refractivity contribution in [3.8, 4) is 6.07 Å².